The van der Waals surface area contributed by atoms with Gasteiger partial charge >= 0.3 is 5.97 Å². The summed E-state index contributed by atoms with van der Waals surface area (Å²) in [4.78, 5) is 14.7. The van der Waals surface area contributed by atoms with Crippen molar-refractivity contribution in [3.8, 4) is 33.9 Å². The largest absolute Gasteiger partial charge is 0.488 e. The number of aromatic carboxylic acids is 1. The van der Waals surface area contributed by atoms with Crippen LogP contribution in [0.15, 0.2) is 95.5 Å². The third kappa shape index (κ3) is 6.24. The van der Waals surface area contributed by atoms with Crippen molar-refractivity contribution in [1.82, 2.24) is 10.1 Å². The van der Waals surface area contributed by atoms with E-state index in [1.807, 2.05) is 78.9 Å². The summed E-state index contributed by atoms with van der Waals surface area (Å²) in [5.74, 6) is 0.540. The van der Waals surface area contributed by atoms with Crippen LogP contribution in [0.4, 0.5) is 0 Å². The summed E-state index contributed by atoms with van der Waals surface area (Å²) in [6, 6.07) is 29.9. The van der Waals surface area contributed by atoms with Gasteiger partial charge in [0.05, 0.1) is 11.1 Å². The normalized spacial score (nSPS) is 13.1. The van der Waals surface area contributed by atoms with Gasteiger partial charge in [-0.3, -0.25) is 0 Å². The molecular formula is C37H36N2O5. The van der Waals surface area contributed by atoms with Crippen LogP contribution in [-0.2, 0) is 26.2 Å². The minimum absolute atomic E-state index is 0.105. The van der Waals surface area contributed by atoms with Crippen LogP contribution < -0.4 is 9.47 Å². The number of ether oxygens (including phenoxy) is 2. The van der Waals surface area contributed by atoms with Gasteiger partial charge in [-0.15, -0.1) is 0 Å². The number of nitrogens with zero attached hydrogens (tertiary/aromatic N) is 2. The van der Waals surface area contributed by atoms with E-state index in [4.69, 9.17) is 14.0 Å². The van der Waals surface area contributed by atoms with Gasteiger partial charge in [0.1, 0.15) is 24.7 Å². The smallest absolute Gasteiger partial charge is 0.358 e. The van der Waals surface area contributed by atoms with Crippen molar-refractivity contribution in [2.75, 3.05) is 13.6 Å². The number of hydrogen-bond donors (Lipinski definition) is 1. The first-order chi connectivity index (χ1) is 21.4. The number of hydrogen-bond acceptors (Lipinski definition) is 6. The third-order valence-electron chi connectivity index (χ3n) is 8.05. The van der Waals surface area contributed by atoms with E-state index in [0.717, 1.165) is 41.8 Å². The molecule has 7 heteroatoms. The van der Waals surface area contributed by atoms with Gasteiger partial charge in [0.2, 0.25) is 0 Å². The van der Waals surface area contributed by atoms with E-state index in [9.17, 15) is 9.90 Å². The quantitative estimate of drug-likeness (QED) is 0.177. The Labute approximate surface area is 257 Å². The molecule has 0 fully saturated rings. The molecule has 7 nitrogen and oxygen atoms in total. The molecule has 1 aliphatic heterocycles. The van der Waals surface area contributed by atoms with Crippen LogP contribution in [0.25, 0.3) is 22.5 Å². The van der Waals surface area contributed by atoms with Crippen molar-refractivity contribution >= 4 is 5.97 Å². The lowest BCUT2D eigenvalue weighted by molar-refractivity contribution is 0.0686. The minimum Gasteiger partial charge on any atom is -0.488 e. The Kier molecular flexibility index (Phi) is 8.48. The molecule has 2 heterocycles. The van der Waals surface area contributed by atoms with E-state index in [0.29, 0.717) is 41.6 Å². The standard InChI is InChI=1S/C37H36N2O5/c1-24(2)30-19-31(33(43-23-26-12-8-5-9-13-26)20-32(30)42-22-25-10-6-4-7-11-25)36-34(35(37(40)41)38-44-36)28-14-15-29-21-39(3)17-16-27(29)18-28/h4-15,18-20,24H,16-17,21-23H2,1-3H3,(H,40,41). The molecule has 1 N–H and O–H groups in total. The van der Waals surface area contributed by atoms with Gasteiger partial charge in [-0.05, 0) is 58.8 Å². The SMILES string of the molecule is CC(C)c1cc(-c2onc(C(=O)O)c2-c2ccc3c(c2)CCN(C)C3)c(OCc2ccccc2)cc1OCc1ccccc1. The van der Waals surface area contributed by atoms with Crippen LogP contribution in [0, 0.1) is 0 Å². The average molecular weight is 589 g/mol. The zero-order valence-corrected chi connectivity index (χ0v) is 25.2. The number of rotatable bonds is 10. The molecule has 0 saturated heterocycles. The fraction of sp³-hybridized carbons (Fsp3) is 0.243. The van der Waals surface area contributed by atoms with Gasteiger partial charge in [0, 0.05) is 19.2 Å². The van der Waals surface area contributed by atoms with Crippen molar-refractivity contribution < 1.29 is 23.9 Å². The van der Waals surface area contributed by atoms with Crippen molar-refractivity contribution in [1.29, 1.82) is 0 Å². The molecule has 0 saturated carbocycles. The number of carboxylic acid groups (broad SMARTS) is 1. The average Bonchev–Trinajstić information content (AvgIpc) is 3.49. The van der Waals surface area contributed by atoms with Crippen molar-refractivity contribution in [3.63, 3.8) is 0 Å². The number of carboxylic acids is 1. The fourth-order valence-electron chi connectivity index (χ4n) is 5.66. The molecular weight excluding hydrogens is 552 g/mol. The molecule has 224 valence electrons. The Hall–Kier alpha value is -4.88. The van der Waals surface area contributed by atoms with Crippen molar-refractivity contribution in [2.45, 2.75) is 45.9 Å². The van der Waals surface area contributed by atoms with Crippen molar-refractivity contribution in [2.24, 2.45) is 0 Å². The summed E-state index contributed by atoms with van der Waals surface area (Å²) < 4.78 is 18.7. The predicted octanol–water partition coefficient (Wildman–Crippen LogP) is 7.98. The first kappa shape index (κ1) is 29.2. The lowest BCUT2D eigenvalue weighted by Crippen LogP contribution is -2.26. The van der Waals surface area contributed by atoms with E-state index >= 15 is 0 Å². The third-order valence-corrected chi connectivity index (χ3v) is 8.05. The van der Waals surface area contributed by atoms with Crippen LogP contribution in [0.5, 0.6) is 11.5 Å². The highest BCUT2D eigenvalue weighted by Gasteiger charge is 2.29. The van der Waals surface area contributed by atoms with Crippen LogP contribution in [0.1, 0.15) is 58.1 Å². The minimum atomic E-state index is -1.15. The van der Waals surface area contributed by atoms with Crippen LogP contribution in [0.2, 0.25) is 0 Å². The second-order valence-electron chi connectivity index (χ2n) is 11.6. The van der Waals surface area contributed by atoms with E-state index in [1.165, 1.54) is 11.1 Å². The number of aromatic nitrogens is 1. The highest BCUT2D eigenvalue weighted by atomic mass is 16.5. The van der Waals surface area contributed by atoms with Gasteiger partial charge in [0.25, 0.3) is 0 Å². The van der Waals surface area contributed by atoms with Gasteiger partial charge in [-0.1, -0.05) is 97.9 Å². The second-order valence-corrected chi connectivity index (χ2v) is 11.6. The van der Waals surface area contributed by atoms with Gasteiger partial charge in [-0.25, -0.2) is 4.79 Å². The molecule has 5 aromatic rings. The Balaban J connectivity index is 1.48. The van der Waals surface area contributed by atoms with E-state index in [1.54, 1.807) is 0 Å². The maximum absolute atomic E-state index is 12.4. The summed E-state index contributed by atoms with van der Waals surface area (Å²) in [6.45, 7) is 6.72. The summed E-state index contributed by atoms with van der Waals surface area (Å²) in [5.41, 5.74) is 7.16. The van der Waals surface area contributed by atoms with Crippen molar-refractivity contribution in [3.05, 3.63) is 125 Å². The number of fused-ring (bicyclic) bond motifs is 1. The molecule has 0 bridgehead atoms. The predicted molar refractivity (Wildman–Crippen MR) is 170 cm³/mol. The Bertz CT molecular complexity index is 1760. The molecule has 6 rings (SSSR count). The summed E-state index contributed by atoms with van der Waals surface area (Å²) >= 11 is 0. The monoisotopic (exact) mass is 588 g/mol. The van der Waals surface area contributed by atoms with Gasteiger partial charge < -0.3 is 24.0 Å². The number of benzene rings is 4. The van der Waals surface area contributed by atoms with E-state index in [-0.39, 0.29) is 11.6 Å². The molecule has 0 radical (unpaired) electrons. The first-order valence-electron chi connectivity index (χ1n) is 14.9. The second kappa shape index (κ2) is 12.8. The lowest BCUT2D eigenvalue weighted by Gasteiger charge is -2.25. The maximum atomic E-state index is 12.4. The summed E-state index contributed by atoms with van der Waals surface area (Å²) in [5, 5.41) is 14.2. The van der Waals surface area contributed by atoms with Gasteiger partial charge in [-0.2, -0.15) is 0 Å². The maximum Gasteiger partial charge on any atom is 0.358 e. The molecule has 1 aromatic heterocycles. The molecule has 1 aliphatic rings. The number of carbonyl (C=O) groups is 1. The zero-order valence-electron chi connectivity index (χ0n) is 25.2. The summed E-state index contributed by atoms with van der Waals surface area (Å²) in [7, 11) is 2.11. The Morgan fingerprint density at radius 2 is 1.55 bits per heavy atom. The Morgan fingerprint density at radius 3 is 2.18 bits per heavy atom. The highest BCUT2D eigenvalue weighted by Crippen LogP contribution is 2.45. The summed E-state index contributed by atoms with van der Waals surface area (Å²) in [6.07, 6.45) is 0.888. The first-order valence-corrected chi connectivity index (χ1v) is 14.9. The van der Waals surface area contributed by atoms with E-state index in [2.05, 4.69) is 43.1 Å². The van der Waals surface area contributed by atoms with Crippen LogP contribution in [0.3, 0.4) is 0 Å². The van der Waals surface area contributed by atoms with E-state index < -0.39 is 5.97 Å². The molecule has 4 aromatic carbocycles. The van der Waals surface area contributed by atoms with Crippen LogP contribution >= 0.6 is 0 Å². The Morgan fingerprint density at radius 1 is 0.886 bits per heavy atom. The van der Waals surface area contributed by atoms with Crippen LogP contribution in [-0.4, -0.2) is 34.7 Å². The lowest BCUT2D eigenvalue weighted by atomic mass is 9.91. The molecule has 0 spiro atoms. The topological polar surface area (TPSA) is 85.0 Å². The number of likely N-dealkylation sites (N-methyl/N-ethyl adjacent to an activating group) is 1. The fourth-order valence-corrected chi connectivity index (χ4v) is 5.66. The molecule has 0 aliphatic carbocycles. The molecule has 0 amide bonds. The highest BCUT2D eigenvalue weighted by molar-refractivity contribution is 5.99. The van der Waals surface area contributed by atoms with Gasteiger partial charge in [0.15, 0.2) is 11.5 Å². The zero-order chi connectivity index (χ0) is 30.6. The molecule has 0 unspecified atom stereocenters. The molecule has 0 atom stereocenters. The molecule has 44 heavy (non-hydrogen) atoms.